The molecule has 0 unspecified atom stereocenters. The normalized spacial score (nSPS) is 14.1. The predicted molar refractivity (Wildman–Crippen MR) is 423 cm³/mol. The first-order valence-electron chi connectivity index (χ1n) is 37.1. The van der Waals surface area contributed by atoms with Gasteiger partial charge in [0.05, 0.1) is 6.04 Å². The van der Waals surface area contributed by atoms with Crippen molar-refractivity contribution >= 4 is 121 Å². The van der Waals surface area contributed by atoms with Crippen molar-refractivity contribution in [2.75, 3.05) is 19.6 Å². The summed E-state index contributed by atoms with van der Waals surface area (Å²) in [6.07, 6.45) is 6.82. The Morgan fingerprint density at radius 3 is 0.901 bits per heavy atom. The van der Waals surface area contributed by atoms with Gasteiger partial charge in [-0.1, -0.05) is 114 Å². The molecule has 0 bridgehead atoms. The Hall–Kier alpha value is -12.5. The van der Waals surface area contributed by atoms with Gasteiger partial charge in [-0.3, -0.25) is 59.4 Å². The van der Waals surface area contributed by atoms with E-state index in [2.05, 4.69) is 83.7 Å². The highest BCUT2D eigenvalue weighted by molar-refractivity contribution is 6.00. The van der Waals surface area contributed by atoms with Crippen LogP contribution < -0.4 is 86.7 Å². The minimum Gasteiger partial charge on any atom is -0.480 e. The second kappa shape index (κ2) is 40.1. The van der Waals surface area contributed by atoms with E-state index >= 15 is 24.0 Å². The standard InChI is InChI=1S/C77H105N23O11/c1-40(2)62(98-69(105)59(33-44-37-89-53-24-12-8-19-48(44)53)94-67(103)57(28-17-31-87-77(83)84)93-66(102)56(27-16-30-86-76(81)82)92-65(101)51(78)22-15-29-85-75(79)80)71(107)96-58(32-43-36-88-52-23-11-7-18-47(43)52)68(104)95-60(34-45-38-90-54-25-13-9-20-49(45)54)70(106)99-64(42(5)6)73(109)100-63(41(3)4)72(108)97-61(74(110)111)35-46-39-91-55-26-14-10-21-50(46)55/h7-14,18-21,23-26,36-42,51,56-64,88-91H,15-17,22,27-35,78H2,1-6H3,(H,92,101)(H,93,102)(H,94,103)(H,95,104)(H,96,107)(H,97,108)(H,98,105)(H,99,106)(H,100,109)(H,110,111)(H4,79,80,85)(H4,81,82,86)(H4,83,84,87)/t51-,56-,57-,58-,59-,60-,61-,62-,63-,64-/m0/s1. The molecule has 0 fully saturated rings. The van der Waals surface area contributed by atoms with E-state index in [1.54, 1.807) is 84.5 Å². The van der Waals surface area contributed by atoms with Gasteiger partial charge in [-0.25, -0.2) is 4.79 Å². The van der Waals surface area contributed by atoms with Crippen molar-refractivity contribution in [3.63, 3.8) is 0 Å². The van der Waals surface area contributed by atoms with Crippen LogP contribution in [0.5, 0.6) is 0 Å². The van der Waals surface area contributed by atoms with Gasteiger partial charge >= 0.3 is 5.97 Å². The van der Waals surface area contributed by atoms with E-state index in [0.29, 0.717) is 55.9 Å². The van der Waals surface area contributed by atoms with Gasteiger partial charge in [0.2, 0.25) is 53.2 Å². The summed E-state index contributed by atoms with van der Waals surface area (Å²) in [5.74, 6) is -11.5. The van der Waals surface area contributed by atoms with E-state index in [4.69, 9.17) is 39.2 Å². The monoisotopic (exact) mass is 1530 g/mol. The average Bonchev–Trinajstić information content (AvgIpc) is 1.75. The molecule has 9 amide bonds. The van der Waals surface area contributed by atoms with Crippen LogP contribution in [-0.4, -0.2) is 182 Å². The Morgan fingerprint density at radius 2 is 0.586 bits per heavy atom. The number of rotatable bonds is 42. The predicted octanol–water partition coefficient (Wildman–Crippen LogP) is 1.42. The molecule has 28 N–H and O–H groups in total. The summed E-state index contributed by atoms with van der Waals surface area (Å²) in [5.41, 5.74) is 28.1. The Labute approximate surface area is 641 Å². The Bertz CT molecular complexity index is 4620. The van der Waals surface area contributed by atoms with Crippen LogP contribution in [0, 0.1) is 34.0 Å². The highest BCUT2D eigenvalue weighted by Crippen LogP contribution is 2.25. The van der Waals surface area contributed by atoms with Crippen molar-refractivity contribution in [2.45, 2.75) is 166 Å². The summed E-state index contributed by atoms with van der Waals surface area (Å²) in [6, 6.07) is 15.4. The van der Waals surface area contributed by atoms with E-state index in [0.717, 1.165) is 16.4 Å². The minimum atomic E-state index is -1.50. The van der Waals surface area contributed by atoms with Crippen LogP contribution in [0.25, 0.3) is 43.6 Å². The number of nitrogens with two attached hydrogens (primary N) is 4. The zero-order valence-corrected chi connectivity index (χ0v) is 63.1. The van der Waals surface area contributed by atoms with E-state index in [9.17, 15) is 29.1 Å². The Morgan fingerprint density at radius 1 is 0.342 bits per heavy atom. The fraction of sp³-hybridized carbons (Fsp3) is 0.416. The number of guanidine groups is 3. The number of para-hydroxylation sites is 4. The van der Waals surface area contributed by atoms with Crippen LogP contribution in [-0.2, 0) is 73.6 Å². The second-order valence-corrected chi connectivity index (χ2v) is 28.7. The zero-order valence-electron chi connectivity index (χ0n) is 63.1. The molecular weight excluding hydrogens is 1420 g/mol. The first-order valence-corrected chi connectivity index (χ1v) is 37.1. The lowest BCUT2D eigenvalue weighted by Gasteiger charge is -2.30. The maximum absolute atomic E-state index is 15.5. The molecule has 4 aromatic heterocycles. The van der Waals surface area contributed by atoms with E-state index < -0.39 is 137 Å². The molecule has 0 aliphatic heterocycles. The van der Waals surface area contributed by atoms with Gasteiger partial charge in [-0.2, -0.15) is 0 Å². The SMILES string of the molecule is CC(C)[C@H](NC(=O)[C@H](Cc1c[nH]c2ccccc12)NC(=O)[C@H](CCCNC(=N)N)NC(=O)[C@H](CCCNC(=N)N)NC(=O)[C@@H](N)CCCNC(=N)N)C(=O)N[C@@H](Cc1c[nH]c2ccccc12)C(=O)N[C@@H](Cc1c[nH]c2ccccc12)C(=O)N[C@H](C(=O)N[C@H](C(=O)N[C@@H](Cc1c[nH]c2ccccc12)C(=O)O)C(C)C)C(C)C. The van der Waals surface area contributed by atoms with Gasteiger partial charge < -0.3 is 112 Å². The highest BCUT2D eigenvalue weighted by atomic mass is 16.4. The number of fused-ring (bicyclic) bond motifs is 4. The number of nitrogens with one attached hydrogen (secondary N) is 19. The van der Waals surface area contributed by atoms with Crippen molar-refractivity contribution in [1.82, 2.24) is 83.7 Å². The molecule has 594 valence electrons. The molecule has 0 aliphatic carbocycles. The smallest absolute Gasteiger partial charge is 0.326 e. The Balaban J connectivity index is 1.07. The molecule has 8 aromatic rings. The second-order valence-electron chi connectivity index (χ2n) is 28.7. The fourth-order valence-corrected chi connectivity index (χ4v) is 13.2. The van der Waals surface area contributed by atoms with Crippen molar-refractivity contribution in [3.05, 3.63) is 144 Å². The molecule has 4 aromatic carbocycles. The first kappa shape index (κ1) is 84.1. The molecule has 111 heavy (non-hydrogen) atoms. The first-order chi connectivity index (χ1) is 53.0. The molecule has 34 nitrogen and oxygen atoms in total. The molecule has 0 spiro atoms. The van der Waals surface area contributed by atoms with Gasteiger partial charge in [0.15, 0.2) is 17.9 Å². The summed E-state index contributed by atoms with van der Waals surface area (Å²) in [4.78, 5) is 159. The number of carbonyl (C=O) groups is 10. The third kappa shape index (κ3) is 24.0. The van der Waals surface area contributed by atoms with Crippen LogP contribution in [0.3, 0.4) is 0 Å². The molecule has 4 heterocycles. The maximum atomic E-state index is 15.5. The summed E-state index contributed by atoms with van der Waals surface area (Å²) >= 11 is 0. The number of aromatic nitrogens is 4. The van der Waals surface area contributed by atoms with Gasteiger partial charge in [-0.05, 0) is 103 Å². The number of hydrogen-bond donors (Lipinski definition) is 24. The summed E-state index contributed by atoms with van der Waals surface area (Å²) in [6.45, 7) is 10.5. The van der Waals surface area contributed by atoms with E-state index in [1.165, 1.54) is 0 Å². The topological polar surface area (TPSA) is 574 Å². The van der Waals surface area contributed by atoms with Crippen molar-refractivity contribution in [1.29, 1.82) is 16.2 Å². The van der Waals surface area contributed by atoms with E-state index in [1.807, 2.05) is 78.9 Å². The minimum absolute atomic E-state index is 0.0239. The largest absolute Gasteiger partial charge is 0.480 e. The molecular formula is C77H105N23O11. The van der Waals surface area contributed by atoms with Gasteiger partial charge in [-0.15, -0.1) is 0 Å². The number of benzene rings is 4. The summed E-state index contributed by atoms with van der Waals surface area (Å²) in [7, 11) is 0. The van der Waals surface area contributed by atoms with Crippen LogP contribution in [0.2, 0.25) is 0 Å². The molecule has 0 aliphatic rings. The van der Waals surface area contributed by atoms with Crippen molar-refractivity contribution in [3.8, 4) is 0 Å². The number of aliphatic carboxylic acids is 1. The molecule has 10 atom stereocenters. The lowest BCUT2D eigenvalue weighted by molar-refractivity contribution is -0.142. The number of carbonyl (C=O) groups excluding carboxylic acids is 9. The summed E-state index contributed by atoms with van der Waals surface area (Å²) in [5, 5.41) is 69.2. The maximum Gasteiger partial charge on any atom is 0.326 e. The van der Waals surface area contributed by atoms with Crippen LogP contribution in [0.4, 0.5) is 0 Å². The lowest BCUT2D eigenvalue weighted by atomic mass is 9.97. The van der Waals surface area contributed by atoms with E-state index in [-0.39, 0.29) is 95.3 Å². The fourth-order valence-electron chi connectivity index (χ4n) is 13.2. The van der Waals surface area contributed by atoms with Gasteiger partial charge in [0, 0.05) is 114 Å². The molecule has 8 rings (SSSR count). The number of carboxylic acids is 1. The third-order valence-corrected chi connectivity index (χ3v) is 19.2. The highest BCUT2D eigenvalue weighted by Gasteiger charge is 2.39. The van der Waals surface area contributed by atoms with Crippen LogP contribution in [0.1, 0.15) is 102 Å². The average molecular weight is 1530 g/mol. The number of aromatic amines is 4. The molecule has 0 radical (unpaired) electrons. The number of carboxylic acid groups (broad SMARTS) is 1. The quantitative estimate of drug-likeness (QED) is 0.0146. The number of H-pyrrole nitrogens is 4. The molecule has 0 saturated heterocycles. The number of hydrogen-bond acceptors (Lipinski definition) is 14. The van der Waals surface area contributed by atoms with Gasteiger partial charge in [0.1, 0.15) is 54.4 Å². The lowest BCUT2D eigenvalue weighted by Crippen LogP contribution is -2.62. The van der Waals surface area contributed by atoms with Crippen LogP contribution in [0.15, 0.2) is 122 Å². The van der Waals surface area contributed by atoms with Gasteiger partial charge in [0.25, 0.3) is 0 Å². The van der Waals surface area contributed by atoms with Crippen LogP contribution >= 0.6 is 0 Å². The third-order valence-electron chi connectivity index (χ3n) is 19.2. The number of amides is 9. The molecule has 0 saturated carbocycles. The summed E-state index contributed by atoms with van der Waals surface area (Å²) < 4.78 is 0. The zero-order chi connectivity index (χ0) is 80.6. The van der Waals surface area contributed by atoms with Crippen molar-refractivity contribution < 1.29 is 53.1 Å². The molecule has 34 heteroatoms. The Kier molecular flexibility index (Phi) is 30.4. The van der Waals surface area contributed by atoms with Crippen molar-refractivity contribution in [2.24, 2.45) is 40.7 Å².